The highest BCUT2D eigenvalue weighted by atomic mass is 79.9. The highest BCUT2D eigenvalue weighted by Gasteiger charge is 2.19. The van der Waals surface area contributed by atoms with E-state index in [2.05, 4.69) is 64.3 Å². The van der Waals surface area contributed by atoms with Crippen LogP contribution in [0.1, 0.15) is 38.7 Å². The second kappa shape index (κ2) is 8.16. The van der Waals surface area contributed by atoms with E-state index in [1.807, 2.05) is 0 Å². The van der Waals surface area contributed by atoms with E-state index in [0.29, 0.717) is 12.1 Å². The monoisotopic (exact) mass is 338 g/mol. The fourth-order valence-electron chi connectivity index (χ4n) is 3.07. The number of likely N-dealkylation sites (tertiary alicyclic amines) is 1. The molecule has 0 saturated carbocycles. The number of nitrogens with one attached hydrogen (secondary N) is 1. The maximum absolute atomic E-state index is 3.81. The van der Waals surface area contributed by atoms with Gasteiger partial charge in [-0.3, -0.25) is 0 Å². The summed E-state index contributed by atoms with van der Waals surface area (Å²) in [7, 11) is 0. The van der Waals surface area contributed by atoms with Gasteiger partial charge in [-0.2, -0.15) is 0 Å². The maximum Gasteiger partial charge on any atom is 0.0175 e. The summed E-state index contributed by atoms with van der Waals surface area (Å²) in [5, 5.41) is 3.81. The largest absolute Gasteiger partial charge is 0.311 e. The molecule has 0 bridgehead atoms. The lowest BCUT2D eigenvalue weighted by Crippen LogP contribution is -2.46. The van der Waals surface area contributed by atoms with Crippen molar-refractivity contribution in [1.82, 2.24) is 10.2 Å². The van der Waals surface area contributed by atoms with E-state index >= 15 is 0 Å². The highest BCUT2D eigenvalue weighted by molar-refractivity contribution is 9.10. The van der Waals surface area contributed by atoms with Gasteiger partial charge in [0, 0.05) is 16.6 Å². The molecular weight excluding hydrogens is 312 g/mol. The Morgan fingerprint density at radius 3 is 2.50 bits per heavy atom. The molecule has 0 aliphatic carbocycles. The molecule has 0 spiro atoms. The van der Waals surface area contributed by atoms with Gasteiger partial charge in [0.2, 0.25) is 0 Å². The molecule has 112 valence electrons. The van der Waals surface area contributed by atoms with Gasteiger partial charge in [-0.05, 0) is 69.9 Å². The quantitative estimate of drug-likeness (QED) is 0.847. The number of piperidine rings is 1. The third-order valence-electron chi connectivity index (χ3n) is 4.10. The fraction of sp³-hybridized carbons (Fsp3) is 0.647. The first-order chi connectivity index (χ1) is 9.67. The summed E-state index contributed by atoms with van der Waals surface area (Å²) in [4.78, 5) is 2.59. The summed E-state index contributed by atoms with van der Waals surface area (Å²) in [6, 6.07) is 9.95. The average molecular weight is 339 g/mol. The van der Waals surface area contributed by atoms with Crippen LogP contribution in [0.3, 0.4) is 0 Å². The Kier molecular flexibility index (Phi) is 6.53. The molecule has 0 aromatic heterocycles. The van der Waals surface area contributed by atoms with Gasteiger partial charge in [-0.1, -0.05) is 35.0 Å². The number of rotatable bonds is 6. The Bertz CT molecular complexity index is 382. The van der Waals surface area contributed by atoms with Crippen LogP contribution in [0, 0.1) is 0 Å². The normalized spacial score (nSPS) is 19.1. The van der Waals surface area contributed by atoms with E-state index in [4.69, 9.17) is 0 Å². The first-order valence-corrected chi connectivity index (χ1v) is 8.69. The van der Waals surface area contributed by atoms with Crippen molar-refractivity contribution in [1.29, 1.82) is 0 Å². The minimum absolute atomic E-state index is 0.555. The summed E-state index contributed by atoms with van der Waals surface area (Å²) < 4.78 is 1.16. The van der Waals surface area contributed by atoms with E-state index in [-0.39, 0.29) is 0 Å². The van der Waals surface area contributed by atoms with Crippen LogP contribution in [0.2, 0.25) is 0 Å². The first-order valence-electron chi connectivity index (χ1n) is 7.90. The Morgan fingerprint density at radius 1 is 1.25 bits per heavy atom. The number of nitrogens with zero attached hydrogens (tertiary/aromatic N) is 1. The predicted molar refractivity (Wildman–Crippen MR) is 90.2 cm³/mol. The molecule has 1 unspecified atom stereocenters. The SMILES string of the molecule is CCCN1CCC(NC(C)Cc2ccc(Br)cc2)CC1. The molecule has 1 aliphatic heterocycles. The van der Waals surface area contributed by atoms with Crippen molar-refractivity contribution < 1.29 is 0 Å². The van der Waals surface area contributed by atoms with Crippen molar-refractivity contribution in [2.75, 3.05) is 19.6 Å². The van der Waals surface area contributed by atoms with Crippen LogP contribution in [0.15, 0.2) is 28.7 Å². The van der Waals surface area contributed by atoms with Crippen molar-refractivity contribution in [3.05, 3.63) is 34.3 Å². The Hall–Kier alpha value is -0.380. The van der Waals surface area contributed by atoms with E-state index in [1.165, 1.54) is 44.5 Å². The third kappa shape index (κ3) is 5.19. The third-order valence-corrected chi connectivity index (χ3v) is 4.63. The zero-order valence-electron chi connectivity index (χ0n) is 12.7. The summed E-state index contributed by atoms with van der Waals surface area (Å²) in [6.07, 6.45) is 4.98. The molecule has 0 amide bonds. The van der Waals surface area contributed by atoms with E-state index in [0.717, 1.165) is 10.9 Å². The van der Waals surface area contributed by atoms with Gasteiger partial charge in [0.25, 0.3) is 0 Å². The van der Waals surface area contributed by atoms with Crippen LogP contribution in [0.25, 0.3) is 0 Å². The summed E-state index contributed by atoms with van der Waals surface area (Å²) in [6.45, 7) is 8.36. The lowest BCUT2D eigenvalue weighted by molar-refractivity contribution is 0.192. The number of hydrogen-bond acceptors (Lipinski definition) is 2. The molecule has 1 fully saturated rings. The first kappa shape index (κ1) is 16.0. The van der Waals surface area contributed by atoms with Crippen LogP contribution in [0.4, 0.5) is 0 Å². The molecule has 1 aromatic carbocycles. The average Bonchev–Trinajstić information content (AvgIpc) is 2.44. The number of halogens is 1. The molecule has 2 rings (SSSR count). The molecular formula is C17H27BrN2. The molecule has 1 saturated heterocycles. The van der Waals surface area contributed by atoms with Crippen molar-refractivity contribution in [2.45, 2.75) is 51.6 Å². The molecule has 20 heavy (non-hydrogen) atoms. The summed E-state index contributed by atoms with van der Waals surface area (Å²) >= 11 is 3.49. The van der Waals surface area contributed by atoms with Crippen LogP contribution in [0.5, 0.6) is 0 Å². The fourth-order valence-corrected chi connectivity index (χ4v) is 3.34. The van der Waals surface area contributed by atoms with Crippen LogP contribution in [-0.4, -0.2) is 36.6 Å². The van der Waals surface area contributed by atoms with Crippen molar-refractivity contribution in [3.63, 3.8) is 0 Å². The molecule has 2 nitrogen and oxygen atoms in total. The smallest absolute Gasteiger partial charge is 0.0175 e. The van der Waals surface area contributed by atoms with Gasteiger partial charge in [-0.25, -0.2) is 0 Å². The Balaban J connectivity index is 1.72. The summed E-state index contributed by atoms with van der Waals surface area (Å²) in [5.74, 6) is 0. The van der Waals surface area contributed by atoms with Gasteiger partial charge in [0.1, 0.15) is 0 Å². The zero-order valence-corrected chi connectivity index (χ0v) is 14.3. The zero-order chi connectivity index (χ0) is 14.4. The van der Waals surface area contributed by atoms with Crippen molar-refractivity contribution in [3.8, 4) is 0 Å². The van der Waals surface area contributed by atoms with Gasteiger partial charge >= 0.3 is 0 Å². The molecule has 1 heterocycles. The highest BCUT2D eigenvalue weighted by Crippen LogP contribution is 2.14. The van der Waals surface area contributed by atoms with Crippen molar-refractivity contribution >= 4 is 15.9 Å². The second-order valence-corrected chi connectivity index (χ2v) is 6.93. The lowest BCUT2D eigenvalue weighted by atomic mass is 10.0. The molecule has 0 radical (unpaired) electrons. The van der Waals surface area contributed by atoms with Gasteiger partial charge in [0.05, 0.1) is 0 Å². The number of benzene rings is 1. The molecule has 1 atom stereocenters. The topological polar surface area (TPSA) is 15.3 Å². The minimum atomic E-state index is 0.555. The Morgan fingerprint density at radius 2 is 1.90 bits per heavy atom. The van der Waals surface area contributed by atoms with E-state index in [1.54, 1.807) is 0 Å². The molecule has 1 aliphatic rings. The Labute approximate surface area is 132 Å². The lowest BCUT2D eigenvalue weighted by Gasteiger charge is -2.33. The summed E-state index contributed by atoms with van der Waals surface area (Å²) in [5.41, 5.74) is 1.41. The van der Waals surface area contributed by atoms with Gasteiger partial charge < -0.3 is 10.2 Å². The van der Waals surface area contributed by atoms with Gasteiger partial charge in [0.15, 0.2) is 0 Å². The standard InChI is InChI=1S/C17H27BrN2/c1-3-10-20-11-8-17(9-12-20)19-14(2)13-15-4-6-16(18)7-5-15/h4-7,14,17,19H,3,8-13H2,1-2H3. The van der Waals surface area contributed by atoms with E-state index in [9.17, 15) is 0 Å². The van der Waals surface area contributed by atoms with E-state index < -0.39 is 0 Å². The van der Waals surface area contributed by atoms with Crippen LogP contribution in [-0.2, 0) is 6.42 Å². The predicted octanol–water partition coefficient (Wildman–Crippen LogP) is 3.84. The van der Waals surface area contributed by atoms with Gasteiger partial charge in [-0.15, -0.1) is 0 Å². The molecule has 1 aromatic rings. The molecule has 3 heteroatoms. The van der Waals surface area contributed by atoms with Crippen LogP contribution < -0.4 is 5.32 Å². The van der Waals surface area contributed by atoms with Crippen LogP contribution >= 0.6 is 15.9 Å². The minimum Gasteiger partial charge on any atom is -0.311 e. The molecule has 1 N–H and O–H groups in total. The second-order valence-electron chi connectivity index (χ2n) is 6.01. The number of hydrogen-bond donors (Lipinski definition) is 1. The maximum atomic E-state index is 3.81. The van der Waals surface area contributed by atoms with Crippen molar-refractivity contribution in [2.24, 2.45) is 0 Å².